The Kier molecular flexibility index (Phi) is 6.70. The van der Waals surface area contributed by atoms with Crippen LogP contribution in [0.5, 0.6) is 0 Å². The highest BCUT2D eigenvalue weighted by Crippen LogP contribution is 2.10. The predicted molar refractivity (Wildman–Crippen MR) is 75.0 cm³/mol. The Labute approximate surface area is 111 Å². The third-order valence-corrected chi connectivity index (χ3v) is 2.92. The van der Waals surface area contributed by atoms with E-state index in [2.05, 4.69) is 28.0 Å². The predicted octanol–water partition coefficient (Wildman–Crippen LogP) is 3.67. The van der Waals surface area contributed by atoms with Crippen molar-refractivity contribution in [2.45, 2.75) is 32.6 Å². The number of hydrogen-bond acceptors (Lipinski definition) is 2. The molecule has 4 heteroatoms. The lowest BCUT2D eigenvalue weighted by atomic mass is 10.2. The molecule has 1 rings (SSSR count). The Bertz CT molecular complexity index is 349. The Morgan fingerprint density at radius 2 is 1.94 bits per heavy atom. The lowest BCUT2D eigenvalue weighted by molar-refractivity contribution is 0.139. The molecule has 3 nitrogen and oxygen atoms in total. The molecule has 0 unspecified atom stereocenters. The topological polar surface area (TPSA) is 47.6 Å². The summed E-state index contributed by atoms with van der Waals surface area (Å²) < 4.78 is 1.02. The fourth-order valence-electron chi connectivity index (χ4n) is 1.38. The van der Waals surface area contributed by atoms with Crippen LogP contribution < -0.4 is 5.73 Å². The molecule has 0 aliphatic rings. The molecular weight excluding hydrogens is 280 g/mol. The monoisotopic (exact) mass is 298 g/mol. The third kappa shape index (κ3) is 5.73. The number of nitrogens with two attached hydrogens (primary N) is 1. The van der Waals surface area contributed by atoms with Crippen LogP contribution in [0.25, 0.3) is 0 Å². The summed E-state index contributed by atoms with van der Waals surface area (Å²) in [4.78, 5) is 5.18. The van der Waals surface area contributed by atoms with Crippen molar-refractivity contribution in [3.8, 4) is 0 Å². The van der Waals surface area contributed by atoms with Gasteiger partial charge in [0.1, 0.15) is 6.61 Å². The van der Waals surface area contributed by atoms with Gasteiger partial charge in [-0.05, 0) is 25.0 Å². The largest absolute Gasteiger partial charge is 0.394 e. The van der Waals surface area contributed by atoms with Gasteiger partial charge in [0.15, 0.2) is 5.84 Å². The highest BCUT2D eigenvalue weighted by Gasteiger charge is 1.98. The van der Waals surface area contributed by atoms with E-state index >= 15 is 0 Å². The number of hydrogen-bond donors (Lipinski definition) is 1. The Balaban J connectivity index is 2.31. The Morgan fingerprint density at radius 1 is 1.24 bits per heavy atom. The summed E-state index contributed by atoms with van der Waals surface area (Å²) in [7, 11) is 0. The standard InChI is InChI=1S/C13H19BrN2O/c1-2-3-4-5-10-17-16-13(15)11-6-8-12(14)9-7-11/h6-9H,2-5,10H2,1H3,(H2,15,16). The van der Waals surface area contributed by atoms with Crippen LogP contribution in [0, 0.1) is 0 Å². The molecule has 94 valence electrons. The van der Waals surface area contributed by atoms with E-state index in [1.165, 1.54) is 19.3 Å². The molecule has 0 saturated carbocycles. The fourth-order valence-corrected chi connectivity index (χ4v) is 1.65. The van der Waals surface area contributed by atoms with Crippen LogP contribution >= 0.6 is 15.9 Å². The fraction of sp³-hybridized carbons (Fsp3) is 0.462. The maximum Gasteiger partial charge on any atom is 0.170 e. The van der Waals surface area contributed by atoms with Crippen LogP contribution in [-0.2, 0) is 4.84 Å². The van der Waals surface area contributed by atoms with Crippen LogP contribution in [-0.4, -0.2) is 12.4 Å². The van der Waals surface area contributed by atoms with E-state index in [0.717, 1.165) is 16.5 Å². The quantitative estimate of drug-likeness (QED) is 0.361. The van der Waals surface area contributed by atoms with Gasteiger partial charge in [-0.3, -0.25) is 0 Å². The van der Waals surface area contributed by atoms with Gasteiger partial charge in [-0.25, -0.2) is 0 Å². The van der Waals surface area contributed by atoms with Crippen molar-refractivity contribution in [2.75, 3.05) is 6.61 Å². The molecule has 0 fully saturated rings. The first-order valence-corrected chi connectivity index (χ1v) is 6.74. The molecule has 0 heterocycles. The molecule has 0 aromatic heterocycles. The number of halogens is 1. The minimum Gasteiger partial charge on any atom is -0.394 e. The van der Waals surface area contributed by atoms with Crippen molar-refractivity contribution in [3.05, 3.63) is 34.3 Å². The van der Waals surface area contributed by atoms with Crippen molar-refractivity contribution in [2.24, 2.45) is 10.9 Å². The second kappa shape index (κ2) is 8.12. The minimum absolute atomic E-state index is 0.424. The van der Waals surface area contributed by atoms with Crippen molar-refractivity contribution in [3.63, 3.8) is 0 Å². The van der Waals surface area contributed by atoms with E-state index in [9.17, 15) is 0 Å². The molecular formula is C13H19BrN2O. The van der Waals surface area contributed by atoms with Gasteiger partial charge in [0.05, 0.1) is 0 Å². The third-order valence-electron chi connectivity index (χ3n) is 2.39. The molecule has 0 aliphatic carbocycles. The molecule has 0 radical (unpaired) electrons. The van der Waals surface area contributed by atoms with Crippen molar-refractivity contribution >= 4 is 21.8 Å². The number of benzene rings is 1. The van der Waals surface area contributed by atoms with Gasteiger partial charge >= 0.3 is 0 Å². The first-order chi connectivity index (χ1) is 8.24. The number of rotatable bonds is 7. The average Bonchev–Trinajstić information content (AvgIpc) is 2.34. The molecule has 0 atom stereocenters. The minimum atomic E-state index is 0.424. The zero-order valence-electron chi connectivity index (χ0n) is 10.2. The number of amidine groups is 1. The van der Waals surface area contributed by atoms with E-state index < -0.39 is 0 Å². The highest BCUT2D eigenvalue weighted by atomic mass is 79.9. The summed E-state index contributed by atoms with van der Waals surface area (Å²) in [6, 6.07) is 7.67. The number of unbranched alkanes of at least 4 members (excludes halogenated alkanes) is 3. The molecule has 0 aliphatic heterocycles. The molecule has 2 N–H and O–H groups in total. The van der Waals surface area contributed by atoms with Crippen molar-refractivity contribution < 1.29 is 4.84 Å². The summed E-state index contributed by atoms with van der Waals surface area (Å²) >= 11 is 3.37. The van der Waals surface area contributed by atoms with E-state index in [4.69, 9.17) is 10.6 Å². The Hall–Kier alpha value is -1.03. The second-order valence-electron chi connectivity index (χ2n) is 3.88. The summed E-state index contributed by atoms with van der Waals surface area (Å²) in [5.74, 6) is 0.424. The lowest BCUT2D eigenvalue weighted by Gasteiger charge is -2.02. The van der Waals surface area contributed by atoms with E-state index in [-0.39, 0.29) is 0 Å². The smallest absolute Gasteiger partial charge is 0.170 e. The van der Waals surface area contributed by atoms with Crippen LogP contribution in [0.4, 0.5) is 0 Å². The van der Waals surface area contributed by atoms with Crippen LogP contribution in [0.15, 0.2) is 33.9 Å². The summed E-state index contributed by atoms with van der Waals surface area (Å²) in [6.45, 7) is 2.82. The summed E-state index contributed by atoms with van der Waals surface area (Å²) in [5.41, 5.74) is 6.67. The molecule has 0 spiro atoms. The first-order valence-electron chi connectivity index (χ1n) is 5.95. The zero-order valence-corrected chi connectivity index (χ0v) is 11.7. The average molecular weight is 299 g/mol. The van der Waals surface area contributed by atoms with Crippen molar-refractivity contribution in [1.29, 1.82) is 0 Å². The van der Waals surface area contributed by atoms with E-state index in [0.29, 0.717) is 12.4 Å². The normalized spacial score (nSPS) is 11.5. The van der Waals surface area contributed by atoms with E-state index in [1.807, 2.05) is 24.3 Å². The second-order valence-corrected chi connectivity index (χ2v) is 4.79. The maximum absolute atomic E-state index is 5.80. The van der Waals surface area contributed by atoms with Gasteiger partial charge in [0.25, 0.3) is 0 Å². The SMILES string of the molecule is CCCCCCO/N=C(/N)c1ccc(Br)cc1. The van der Waals surface area contributed by atoms with Gasteiger partial charge in [-0.2, -0.15) is 0 Å². The first kappa shape index (κ1) is 14.0. The van der Waals surface area contributed by atoms with Gasteiger partial charge < -0.3 is 10.6 Å². The lowest BCUT2D eigenvalue weighted by Crippen LogP contribution is -2.13. The van der Waals surface area contributed by atoms with Crippen molar-refractivity contribution in [1.82, 2.24) is 0 Å². The van der Waals surface area contributed by atoms with Gasteiger partial charge in [-0.15, -0.1) is 0 Å². The van der Waals surface area contributed by atoms with Crippen LogP contribution in [0.2, 0.25) is 0 Å². The highest BCUT2D eigenvalue weighted by molar-refractivity contribution is 9.10. The van der Waals surface area contributed by atoms with Crippen LogP contribution in [0.3, 0.4) is 0 Å². The molecule has 1 aromatic carbocycles. The molecule has 1 aromatic rings. The zero-order chi connectivity index (χ0) is 12.5. The molecule has 0 bridgehead atoms. The number of nitrogens with zero attached hydrogens (tertiary/aromatic N) is 1. The summed E-state index contributed by atoms with van der Waals surface area (Å²) in [6.07, 6.45) is 4.69. The van der Waals surface area contributed by atoms with Gasteiger partial charge in [0, 0.05) is 10.0 Å². The van der Waals surface area contributed by atoms with Gasteiger partial charge in [-0.1, -0.05) is 53.0 Å². The van der Waals surface area contributed by atoms with E-state index in [1.54, 1.807) is 0 Å². The summed E-state index contributed by atoms with van der Waals surface area (Å²) in [5, 5.41) is 3.90. The molecule has 0 amide bonds. The maximum atomic E-state index is 5.80. The molecule has 0 saturated heterocycles. The Morgan fingerprint density at radius 3 is 2.59 bits per heavy atom. The number of oxime groups is 1. The molecule has 17 heavy (non-hydrogen) atoms. The van der Waals surface area contributed by atoms with Crippen LogP contribution in [0.1, 0.15) is 38.2 Å². The van der Waals surface area contributed by atoms with Gasteiger partial charge in [0.2, 0.25) is 0 Å².